The first-order valence-electron chi connectivity index (χ1n) is 9.25. The maximum absolute atomic E-state index is 12.8. The molecular formula is C19H25N3O2. The third kappa shape index (κ3) is 2.76. The summed E-state index contributed by atoms with van der Waals surface area (Å²) in [6.07, 6.45) is 7.84. The van der Waals surface area contributed by atoms with Crippen LogP contribution in [0.15, 0.2) is 18.2 Å². The second-order valence-electron chi connectivity index (χ2n) is 7.12. The smallest absolute Gasteiger partial charge is 0.257 e. The molecule has 5 heteroatoms. The molecule has 1 unspecified atom stereocenters. The van der Waals surface area contributed by atoms with Gasteiger partial charge in [-0.1, -0.05) is 6.42 Å². The summed E-state index contributed by atoms with van der Waals surface area (Å²) in [6, 6.07) is 5.52. The van der Waals surface area contributed by atoms with E-state index in [4.69, 9.17) is 0 Å². The van der Waals surface area contributed by atoms with Crippen molar-refractivity contribution in [3.63, 3.8) is 0 Å². The molecule has 0 bridgehead atoms. The Balaban J connectivity index is 1.60. The fraction of sp³-hybridized carbons (Fsp3) is 0.579. The normalized spacial score (nSPS) is 23.8. The Morgan fingerprint density at radius 2 is 1.75 bits per heavy atom. The molecule has 2 amide bonds. The summed E-state index contributed by atoms with van der Waals surface area (Å²) >= 11 is 0. The molecule has 3 heterocycles. The van der Waals surface area contributed by atoms with Crippen molar-refractivity contribution in [2.24, 2.45) is 0 Å². The summed E-state index contributed by atoms with van der Waals surface area (Å²) in [5.41, 5.74) is 2.22. The quantitative estimate of drug-likeness (QED) is 0.862. The number of nitrogens with one attached hydrogen (secondary N) is 1. The van der Waals surface area contributed by atoms with Crippen molar-refractivity contribution in [1.82, 2.24) is 9.80 Å². The number of anilines is 1. The zero-order chi connectivity index (χ0) is 16.5. The van der Waals surface area contributed by atoms with Crippen molar-refractivity contribution in [3.8, 4) is 0 Å². The molecule has 2 saturated heterocycles. The highest BCUT2D eigenvalue weighted by molar-refractivity contribution is 6.04. The molecule has 0 radical (unpaired) electrons. The fourth-order valence-electron chi connectivity index (χ4n) is 4.10. The molecule has 3 aliphatic heterocycles. The summed E-state index contributed by atoms with van der Waals surface area (Å²) in [7, 11) is 0. The molecule has 0 aromatic heterocycles. The van der Waals surface area contributed by atoms with Gasteiger partial charge in [0.15, 0.2) is 0 Å². The number of hydrogen-bond donors (Lipinski definition) is 1. The minimum atomic E-state index is 0.0767. The van der Waals surface area contributed by atoms with Crippen LogP contribution in [0.3, 0.4) is 0 Å². The predicted octanol–water partition coefficient (Wildman–Crippen LogP) is 3.08. The molecule has 1 aromatic carbocycles. The average Bonchev–Trinajstić information content (AvgIpc) is 2.87. The van der Waals surface area contributed by atoms with Gasteiger partial charge in [0.2, 0.25) is 0 Å². The summed E-state index contributed by atoms with van der Waals surface area (Å²) in [5.74, 6) is 0.197. The standard InChI is InChI=1S/C19H25N3O2/c23-18(21-10-4-2-5-11-21)14-8-9-15-16(13-14)20-17-7-3-1-6-12-22(17)19(15)24/h8-9,13,17,20H,1-7,10-12H2. The number of hydrogen-bond acceptors (Lipinski definition) is 3. The van der Waals surface area contributed by atoms with Gasteiger partial charge in [0.1, 0.15) is 6.17 Å². The summed E-state index contributed by atoms with van der Waals surface area (Å²) in [6.45, 7) is 2.52. The molecule has 1 aromatic rings. The van der Waals surface area contributed by atoms with Gasteiger partial charge in [-0.3, -0.25) is 9.59 Å². The summed E-state index contributed by atoms with van der Waals surface area (Å²) < 4.78 is 0. The van der Waals surface area contributed by atoms with Gasteiger partial charge in [-0.25, -0.2) is 0 Å². The third-order valence-corrected chi connectivity index (χ3v) is 5.48. The largest absolute Gasteiger partial charge is 0.364 e. The van der Waals surface area contributed by atoms with Gasteiger partial charge in [-0.15, -0.1) is 0 Å². The molecule has 4 rings (SSSR count). The van der Waals surface area contributed by atoms with E-state index in [2.05, 4.69) is 5.32 Å². The van der Waals surface area contributed by atoms with Crippen LogP contribution in [0.1, 0.15) is 65.7 Å². The van der Waals surface area contributed by atoms with E-state index in [1.807, 2.05) is 28.0 Å². The highest BCUT2D eigenvalue weighted by atomic mass is 16.2. The van der Waals surface area contributed by atoms with Gasteiger partial charge in [0.05, 0.1) is 5.56 Å². The van der Waals surface area contributed by atoms with Gasteiger partial charge in [0.25, 0.3) is 11.8 Å². The molecule has 1 N–H and O–H groups in total. The van der Waals surface area contributed by atoms with Crippen molar-refractivity contribution in [3.05, 3.63) is 29.3 Å². The summed E-state index contributed by atoms with van der Waals surface area (Å²) in [5, 5.41) is 3.50. The Morgan fingerprint density at radius 1 is 1.00 bits per heavy atom. The zero-order valence-corrected chi connectivity index (χ0v) is 14.1. The van der Waals surface area contributed by atoms with E-state index in [0.29, 0.717) is 11.1 Å². The maximum Gasteiger partial charge on any atom is 0.257 e. The van der Waals surface area contributed by atoms with Gasteiger partial charge in [-0.2, -0.15) is 0 Å². The van der Waals surface area contributed by atoms with Crippen LogP contribution >= 0.6 is 0 Å². The van der Waals surface area contributed by atoms with Gasteiger partial charge < -0.3 is 15.1 Å². The molecule has 1 atom stereocenters. The Hall–Kier alpha value is -2.04. The van der Waals surface area contributed by atoms with E-state index in [1.54, 1.807) is 0 Å². The van der Waals surface area contributed by atoms with Crippen molar-refractivity contribution in [2.45, 2.75) is 51.1 Å². The van der Waals surface area contributed by atoms with Crippen LogP contribution in [-0.4, -0.2) is 47.4 Å². The Kier molecular flexibility index (Phi) is 4.17. The molecule has 0 spiro atoms. The van der Waals surface area contributed by atoms with Gasteiger partial charge in [-0.05, 0) is 56.7 Å². The van der Waals surface area contributed by atoms with E-state index < -0.39 is 0 Å². The van der Waals surface area contributed by atoms with Crippen molar-refractivity contribution in [2.75, 3.05) is 25.0 Å². The lowest BCUT2D eigenvalue weighted by molar-refractivity contribution is 0.0685. The van der Waals surface area contributed by atoms with Crippen LogP contribution in [-0.2, 0) is 0 Å². The second kappa shape index (κ2) is 6.46. The number of carbonyl (C=O) groups is 2. The van der Waals surface area contributed by atoms with Crippen LogP contribution in [0.5, 0.6) is 0 Å². The van der Waals surface area contributed by atoms with Crippen LogP contribution in [0, 0.1) is 0 Å². The third-order valence-electron chi connectivity index (χ3n) is 5.48. The topological polar surface area (TPSA) is 52.7 Å². The van der Waals surface area contributed by atoms with E-state index in [-0.39, 0.29) is 18.0 Å². The Bertz CT molecular complexity index is 652. The molecule has 5 nitrogen and oxygen atoms in total. The summed E-state index contributed by atoms with van der Waals surface area (Å²) in [4.78, 5) is 29.4. The number of nitrogens with zero attached hydrogens (tertiary/aromatic N) is 2. The number of rotatable bonds is 1. The van der Waals surface area contributed by atoms with Gasteiger partial charge in [0, 0.05) is 30.9 Å². The minimum absolute atomic E-state index is 0.0767. The number of carbonyl (C=O) groups excluding carboxylic acids is 2. The minimum Gasteiger partial charge on any atom is -0.364 e. The SMILES string of the molecule is O=C(c1ccc2c(c1)NC1CCCCCN1C2=O)N1CCCCC1. The number of fused-ring (bicyclic) bond motifs is 2. The Morgan fingerprint density at radius 3 is 2.58 bits per heavy atom. The molecule has 2 fully saturated rings. The monoisotopic (exact) mass is 327 g/mol. The molecule has 24 heavy (non-hydrogen) atoms. The second-order valence-corrected chi connectivity index (χ2v) is 7.12. The Labute approximate surface area is 143 Å². The number of likely N-dealkylation sites (tertiary alicyclic amines) is 1. The van der Waals surface area contributed by atoms with Crippen LogP contribution in [0.4, 0.5) is 5.69 Å². The van der Waals surface area contributed by atoms with E-state index in [9.17, 15) is 9.59 Å². The van der Waals surface area contributed by atoms with E-state index >= 15 is 0 Å². The maximum atomic E-state index is 12.8. The van der Waals surface area contributed by atoms with Crippen LogP contribution in [0.2, 0.25) is 0 Å². The fourth-order valence-corrected chi connectivity index (χ4v) is 4.10. The first kappa shape index (κ1) is 15.5. The van der Waals surface area contributed by atoms with E-state index in [0.717, 1.165) is 57.4 Å². The highest BCUT2D eigenvalue weighted by Gasteiger charge is 2.33. The molecule has 0 aliphatic carbocycles. The molecule has 0 saturated carbocycles. The lowest BCUT2D eigenvalue weighted by Gasteiger charge is -2.37. The number of amides is 2. The zero-order valence-electron chi connectivity index (χ0n) is 14.1. The van der Waals surface area contributed by atoms with Gasteiger partial charge >= 0.3 is 0 Å². The predicted molar refractivity (Wildman–Crippen MR) is 93.1 cm³/mol. The lowest BCUT2D eigenvalue weighted by atomic mass is 10.0. The molecular weight excluding hydrogens is 302 g/mol. The molecule has 128 valence electrons. The van der Waals surface area contributed by atoms with Crippen molar-refractivity contribution >= 4 is 17.5 Å². The van der Waals surface area contributed by atoms with Crippen molar-refractivity contribution in [1.29, 1.82) is 0 Å². The first-order valence-corrected chi connectivity index (χ1v) is 9.25. The molecule has 3 aliphatic rings. The van der Waals surface area contributed by atoms with Crippen LogP contribution in [0.25, 0.3) is 0 Å². The van der Waals surface area contributed by atoms with Crippen LogP contribution < -0.4 is 5.32 Å². The first-order chi connectivity index (χ1) is 11.7. The lowest BCUT2D eigenvalue weighted by Crippen LogP contribution is -2.48. The average molecular weight is 327 g/mol. The highest BCUT2D eigenvalue weighted by Crippen LogP contribution is 2.30. The number of benzene rings is 1. The number of piperidine rings is 1. The van der Waals surface area contributed by atoms with E-state index in [1.165, 1.54) is 12.8 Å². The van der Waals surface area contributed by atoms with Crippen molar-refractivity contribution < 1.29 is 9.59 Å².